The molecule has 30 nitrogen and oxygen atoms in total. The molecule has 10 heterocycles. The Hall–Kier alpha value is -13.5. The number of ketones is 2. The highest BCUT2D eigenvalue weighted by atomic mass is 16.2. The zero-order valence-electron chi connectivity index (χ0n) is 80.1. The molecule has 14 rings (SSSR count). The summed E-state index contributed by atoms with van der Waals surface area (Å²) in [5.74, 6) is -4.17. The van der Waals surface area contributed by atoms with Gasteiger partial charge in [0.2, 0.25) is 59.1 Å². The number of nitrogens with one attached hydrogen (secondary N) is 4. The number of rotatable bonds is 42. The number of likely N-dealkylation sites (tertiary alicyclic amines) is 2. The van der Waals surface area contributed by atoms with Crippen LogP contribution in [0.25, 0.3) is 44.2 Å². The summed E-state index contributed by atoms with van der Waals surface area (Å²) in [5.41, 5.74) is 12.6. The van der Waals surface area contributed by atoms with Crippen LogP contribution in [0.4, 0.5) is 0 Å². The molecule has 4 aromatic carbocycles. The number of Topliss-reactive ketones (excluding diaryl/α,β-unsaturated/α-hetero) is 2. The van der Waals surface area contributed by atoms with E-state index in [4.69, 9.17) is 10.2 Å². The van der Waals surface area contributed by atoms with E-state index < -0.39 is 29.8 Å². The zero-order chi connectivity index (χ0) is 97.5. The maximum atomic E-state index is 14.2. The van der Waals surface area contributed by atoms with Gasteiger partial charge in [0.15, 0.2) is 11.6 Å². The third-order valence-corrected chi connectivity index (χ3v) is 25.2. The lowest BCUT2D eigenvalue weighted by molar-refractivity contribution is -0.140. The number of carbonyl (C=O) groups is 13. The smallest absolute Gasteiger partial charge is 0.274 e. The SMILES string of the molecule is CC.CC.CC(C)[C@H](NC(=O)CCCCCN1C(=O)CCC1=O)C(=O)C[C@@H](C)C(=O)NCCCCN1N=C(c2ccc(CC(=O)N3Cc4ccncc4C3)cc2)CC(c2cccc3ncccc23)C1=O.CC(C)[C@H](NC(=O)CCCCCN1C(=O)CCC1=O)C(=O)C[C@@H](C)C(=O)NCCCCn1nc(-c2ccc(CC(=O)N3Cc4ccncc4C3)cc2)cc(-c2cccc3ncccc23)c1=O. The molecule has 718 valence electrons. The Morgan fingerprint density at radius 3 is 1.38 bits per heavy atom. The number of amides is 11. The minimum absolute atomic E-state index is 0.0276. The van der Waals surface area contributed by atoms with E-state index in [1.165, 1.54) is 14.5 Å². The fourth-order valence-corrected chi connectivity index (χ4v) is 17.6. The maximum Gasteiger partial charge on any atom is 0.274 e. The lowest BCUT2D eigenvalue weighted by Gasteiger charge is -2.30. The minimum atomic E-state index is -0.733. The summed E-state index contributed by atoms with van der Waals surface area (Å²) in [6.45, 7) is 23.1. The van der Waals surface area contributed by atoms with Crippen LogP contribution in [0.3, 0.4) is 0 Å². The van der Waals surface area contributed by atoms with E-state index in [9.17, 15) is 67.1 Å². The van der Waals surface area contributed by atoms with Crippen LogP contribution >= 0.6 is 0 Å². The summed E-state index contributed by atoms with van der Waals surface area (Å²) >= 11 is 0. The standard InChI is InChI=1S/C51H60N8O7.C51H58N8O7.2C2H6/c2*1-33(2)49(55-45(61)14-5-4-7-25-58-46(62)19-20-47(58)63)44(60)27-34(3)50(65)54-22-6-8-26-59-51(66)41(39-11-9-13-42-40(39)12-10-23-53-42)29-43(56-59)36-17-15-35(16-18-36)28-48(64)57-31-37-21-24-52-30-38(37)32-57;2*1-2/h9-13,15-18,21,23-24,30,33-34,41,49H,4-8,14,19-20,22,25-29,31-32H2,1-3H3,(H,54,65)(H,55,61);9-13,15-18,21,23-24,29-30,33-34,49H,4-8,14,19-20,22,25-28,31-32H2,1-3H3,(H,54,65)(H,55,61);2*1-2H3/t34-,41?,49+;34-,49+;;/m11../s1. The fourth-order valence-electron chi connectivity index (χ4n) is 17.6. The first kappa shape index (κ1) is 103. The van der Waals surface area contributed by atoms with Gasteiger partial charge in [0.1, 0.15) is 0 Å². The molecule has 2 fully saturated rings. The number of carbonyl (C=O) groups excluding carboxylic acids is 13. The molecule has 0 bridgehead atoms. The second-order valence-corrected chi connectivity index (χ2v) is 35.8. The Morgan fingerprint density at radius 1 is 0.441 bits per heavy atom. The van der Waals surface area contributed by atoms with Crippen LogP contribution in [0.5, 0.6) is 0 Å². The van der Waals surface area contributed by atoms with E-state index in [0.29, 0.717) is 147 Å². The molecular weight excluding hydrogens is 1720 g/mol. The van der Waals surface area contributed by atoms with Crippen molar-refractivity contribution in [1.82, 2.24) is 75.6 Å². The van der Waals surface area contributed by atoms with Crippen molar-refractivity contribution >= 4 is 104 Å². The zero-order valence-corrected chi connectivity index (χ0v) is 80.1. The highest BCUT2D eigenvalue weighted by molar-refractivity contribution is 6.08. The third kappa shape index (κ3) is 27.8. The number of hydrogen-bond donors (Lipinski definition) is 4. The molecule has 0 spiro atoms. The van der Waals surface area contributed by atoms with Crippen molar-refractivity contribution in [3.8, 4) is 22.4 Å². The molecule has 0 aliphatic carbocycles. The molecule has 5 aliphatic rings. The molecule has 9 aromatic rings. The van der Waals surface area contributed by atoms with Crippen LogP contribution in [0.2, 0.25) is 0 Å². The van der Waals surface area contributed by atoms with Gasteiger partial charge in [-0.3, -0.25) is 96.9 Å². The normalized spacial score (nSPS) is 15.3. The number of aromatic nitrogens is 6. The van der Waals surface area contributed by atoms with E-state index in [0.717, 1.165) is 83.2 Å². The van der Waals surface area contributed by atoms with Crippen molar-refractivity contribution in [1.29, 1.82) is 0 Å². The molecule has 30 heteroatoms. The highest BCUT2D eigenvalue weighted by Crippen LogP contribution is 2.36. The predicted octanol–water partition coefficient (Wildman–Crippen LogP) is 13.8. The fraction of sp³-hybridized carbons (Fsp3) is 0.453. The van der Waals surface area contributed by atoms with Crippen molar-refractivity contribution in [2.45, 2.75) is 255 Å². The van der Waals surface area contributed by atoms with Crippen LogP contribution in [0, 0.1) is 23.7 Å². The van der Waals surface area contributed by atoms with Gasteiger partial charge < -0.3 is 31.1 Å². The van der Waals surface area contributed by atoms with E-state index >= 15 is 0 Å². The van der Waals surface area contributed by atoms with Crippen molar-refractivity contribution in [2.75, 3.05) is 32.7 Å². The molecule has 11 amide bonds. The summed E-state index contributed by atoms with van der Waals surface area (Å²) in [6.07, 6.45) is 18.8. The lowest BCUT2D eigenvalue weighted by atomic mass is 9.86. The second kappa shape index (κ2) is 50.7. The van der Waals surface area contributed by atoms with Crippen molar-refractivity contribution in [2.24, 2.45) is 28.8 Å². The van der Waals surface area contributed by atoms with Crippen molar-refractivity contribution < 1.29 is 62.3 Å². The quantitative estimate of drug-likeness (QED) is 0.0204. The van der Waals surface area contributed by atoms with Crippen LogP contribution in [-0.4, -0.2) is 181 Å². The van der Waals surface area contributed by atoms with E-state index in [1.807, 2.05) is 205 Å². The van der Waals surface area contributed by atoms with Gasteiger partial charge in [0.25, 0.3) is 11.5 Å². The van der Waals surface area contributed by atoms with Gasteiger partial charge in [-0.05, 0) is 156 Å². The summed E-state index contributed by atoms with van der Waals surface area (Å²) in [5, 5.41) is 24.6. The summed E-state index contributed by atoms with van der Waals surface area (Å²) in [4.78, 5) is 204. The molecule has 5 aliphatic heterocycles. The average Bonchev–Trinajstić information content (AvgIpc) is 0.851. The highest BCUT2D eigenvalue weighted by Gasteiger charge is 2.37. The molecule has 5 atom stereocenters. The third-order valence-electron chi connectivity index (χ3n) is 25.2. The molecule has 1 unspecified atom stereocenters. The van der Waals surface area contributed by atoms with Gasteiger partial charge in [-0.15, -0.1) is 0 Å². The number of aryl methyl sites for hydroxylation is 1. The Bertz CT molecular complexity index is 5760. The maximum absolute atomic E-state index is 14.2. The first-order valence-corrected chi connectivity index (χ1v) is 48.3. The number of pyridine rings is 4. The Labute approximate surface area is 795 Å². The second-order valence-electron chi connectivity index (χ2n) is 35.8. The minimum Gasteiger partial charge on any atom is -0.356 e. The van der Waals surface area contributed by atoms with Crippen LogP contribution in [0.1, 0.15) is 242 Å². The Kier molecular flexibility index (Phi) is 38.4. The molecule has 136 heavy (non-hydrogen) atoms. The van der Waals surface area contributed by atoms with Gasteiger partial charge in [-0.2, -0.15) is 10.2 Å². The van der Waals surface area contributed by atoms with E-state index in [2.05, 4.69) is 41.2 Å². The summed E-state index contributed by atoms with van der Waals surface area (Å²) in [6, 6.07) is 38.9. The van der Waals surface area contributed by atoms with Gasteiger partial charge in [-0.25, -0.2) is 9.69 Å². The first-order valence-electron chi connectivity index (χ1n) is 48.3. The predicted molar refractivity (Wildman–Crippen MR) is 520 cm³/mol. The van der Waals surface area contributed by atoms with Crippen LogP contribution < -0.4 is 26.8 Å². The molecule has 4 N–H and O–H groups in total. The first-order chi connectivity index (χ1) is 65.7. The monoisotopic (exact) mass is 1850 g/mol. The van der Waals surface area contributed by atoms with Crippen LogP contribution in [0.15, 0.2) is 174 Å². The number of fused-ring (bicyclic) bond motifs is 4. The number of benzene rings is 4. The molecule has 0 saturated carbocycles. The number of nitrogens with zero attached hydrogens (tertiary/aromatic N) is 12. The van der Waals surface area contributed by atoms with E-state index in [1.54, 1.807) is 43.6 Å². The van der Waals surface area contributed by atoms with Gasteiger partial charge in [0, 0.05) is 189 Å². The largest absolute Gasteiger partial charge is 0.356 e. The van der Waals surface area contributed by atoms with Crippen molar-refractivity contribution in [3.63, 3.8) is 0 Å². The van der Waals surface area contributed by atoms with Gasteiger partial charge in [0.05, 0.1) is 58.8 Å². The summed E-state index contributed by atoms with van der Waals surface area (Å²) < 4.78 is 1.47. The number of imide groups is 2. The van der Waals surface area contributed by atoms with Gasteiger partial charge in [-0.1, -0.05) is 167 Å². The van der Waals surface area contributed by atoms with E-state index in [-0.39, 0.29) is 158 Å². The lowest BCUT2D eigenvalue weighted by Crippen LogP contribution is -2.45. The van der Waals surface area contributed by atoms with Gasteiger partial charge >= 0.3 is 0 Å². The van der Waals surface area contributed by atoms with Crippen LogP contribution in [-0.2, 0) is 108 Å². The van der Waals surface area contributed by atoms with Crippen molar-refractivity contribution in [3.05, 3.63) is 219 Å². The molecule has 5 aromatic heterocycles. The number of hydrazone groups is 1. The number of hydrogen-bond acceptors (Lipinski definition) is 20. The molecule has 2 saturated heterocycles. The molecular formula is C106H130N16O14. The Balaban J connectivity index is 0.000000252. The topological polar surface area (TPSA) is 385 Å². The molecule has 0 radical (unpaired) electrons. The Morgan fingerprint density at radius 2 is 0.890 bits per heavy atom. The number of unbranched alkanes of at least 4 members (excludes halogenated alkanes) is 6. The summed E-state index contributed by atoms with van der Waals surface area (Å²) in [7, 11) is 0. The average molecular weight is 1850 g/mol.